The summed E-state index contributed by atoms with van der Waals surface area (Å²) in [6, 6.07) is 9.39. The molecule has 1 atom stereocenters. The van der Waals surface area contributed by atoms with Crippen molar-refractivity contribution in [2.75, 3.05) is 11.1 Å². The van der Waals surface area contributed by atoms with E-state index in [4.69, 9.17) is 0 Å². The molecule has 0 radical (unpaired) electrons. The lowest BCUT2D eigenvalue weighted by atomic mass is 9.96. The number of carbonyl (C=O) groups excluding carboxylic acids is 2. The highest BCUT2D eigenvalue weighted by Gasteiger charge is 2.26. The fraction of sp³-hybridized carbons (Fsp3) is 0.423. The Morgan fingerprint density at radius 2 is 2.03 bits per heavy atom. The summed E-state index contributed by atoms with van der Waals surface area (Å²) in [5.74, 6) is 0.499. The van der Waals surface area contributed by atoms with Gasteiger partial charge in [0.2, 0.25) is 5.91 Å². The lowest BCUT2D eigenvalue weighted by molar-refractivity contribution is -0.113. The summed E-state index contributed by atoms with van der Waals surface area (Å²) in [5.41, 5.74) is 3.32. The van der Waals surface area contributed by atoms with Crippen molar-refractivity contribution in [1.82, 2.24) is 20.1 Å². The molecular formula is C26H30N6O2S2. The molecule has 0 fully saturated rings. The number of aromatic nitrogens is 3. The minimum absolute atomic E-state index is 0.0806. The van der Waals surface area contributed by atoms with Gasteiger partial charge in [-0.1, -0.05) is 43.3 Å². The van der Waals surface area contributed by atoms with Gasteiger partial charge in [0.25, 0.3) is 5.91 Å². The van der Waals surface area contributed by atoms with Gasteiger partial charge in [0.1, 0.15) is 11.1 Å². The van der Waals surface area contributed by atoms with E-state index in [1.807, 2.05) is 50.6 Å². The number of carbonyl (C=O) groups is 2. The molecule has 1 aromatic carbocycles. The highest BCUT2D eigenvalue weighted by atomic mass is 32.2. The van der Waals surface area contributed by atoms with Crippen molar-refractivity contribution in [3.8, 4) is 6.07 Å². The first-order valence-corrected chi connectivity index (χ1v) is 13.8. The van der Waals surface area contributed by atoms with Gasteiger partial charge < -0.3 is 15.2 Å². The van der Waals surface area contributed by atoms with Crippen LogP contribution in [-0.2, 0) is 24.7 Å². The Labute approximate surface area is 219 Å². The summed E-state index contributed by atoms with van der Waals surface area (Å²) < 4.78 is 1.82. The number of amides is 2. The van der Waals surface area contributed by atoms with Gasteiger partial charge in [-0.2, -0.15) is 5.26 Å². The maximum absolute atomic E-state index is 12.9. The molecule has 0 saturated carbocycles. The molecule has 2 amide bonds. The molecule has 1 aliphatic carbocycles. The van der Waals surface area contributed by atoms with Crippen LogP contribution >= 0.6 is 23.1 Å². The number of nitrogens with zero attached hydrogens (tertiary/aromatic N) is 4. The summed E-state index contributed by atoms with van der Waals surface area (Å²) >= 11 is 2.79. The fourth-order valence-electron chi connectivity index (χ4n) is 4.33. The summed E-state index contributed by atoms with van der Waals surface area (Å²) in [4.78, 5) is 26.8. The first kappa shape index (κ1) is 25.9. The van der Waals surface area contributed by atoms with Crippen LogP contribution in [0, 0.1) is 24.2 Å². The lowest BCUT2D eigenvalue weighted by Gasteiger charge is -2.21. The van der Waals surface area contributed by atoms with E-state index in [9.17, 15) is 14.9 Å². The molecule has 188 valence electrons. The van der Waals surface area contributed by atoms with Crippen molar-refractivity contribution < 1.29 is 9.59 Å². The highest BCUT2D eigenvalue weighted by Crippen LogP contribution is 2.37. The number of aryl methyl sites for hydroxylation is 2. The molecule has 2 aromatic heterocycles. The van der Waals surface area contributed by atoms with Gasteiger partial charge >= 0.3 is 0 Å². The van der Waals surface area contributed by atoms with Crippen LogP contribution in [0.3, 0.4) is 0 Å². The Bertz CT molecular complexity index is 1320. The van der Waals surface area contributed by atoms with Crippen LogP contribution in [0.5, 0.6) is 0 Å². The Morgan fingerprint density at radius 3 is 2.75 bits per heavy atom. The fourth-order valence-corrected chi connectivity index (χ4v) is 6.30. The number of thioether (sulfide) groups is 1. The van der Waals surface area contributed by atoms with Gasteiger partial charge in [0, 0.05) is 17.5 Å². The molecule has 0 saturated heterocycles. The van der Waals surface area contributed by atoms with E-state index >= 15 is 0 Å². The quantitative estimate of drug-likeness (QED) is 0.411. The molecule has 10 heteroatoms. The Hall–Kier alpha value is -3.16. The standard InChI is InChI=1S/C26H30N6O2S2/c1-15(2)22(29-24(34)17-9-7-8-16(3)12-17)23-30-31-26(32(23)4)35-14-21(33)28-25-19(13-27)18-10-5-6-11-20(18)36-25/h7-9,12,15,22H,5-6,10-11,14H2,1-4H3,(H,28,33)(H,29,34)/t22-/m0/s1. The average molecular weight is 523 g/mol. The van der Waals surface area contributed by atoms with Crippen LogP contribution in [0.1, 0.15) is 70.5 Å². The van der Waals surface area contributed by atoms with Crippen molar-refractivity contribution in [3.05, 3.63) is 57.2 Å². The lowest BCUT2D eigenvalue weighted by Crippen LogP contribution is -2.33. The molecule has 4 rings (SSSR count). The molecule has 0 bridgehead atoms. The van der Waals surface area contributed by atoms with Gasteiger partial charge in [0.05, 0.1) is 17.4 Å². The SMILES string of the molecule is Cc1cccc(C(=O)N[C@H](c2nnc(SCC(=O)Nc3sc4c(c3C#N)CCCC4)n2C)C(C)C)c1. The summed E-state index contributed by atoms with van der Waals surface area (Å²) in [6.45, 7) is 5.99. The molecule has 3 aromatic rings. The largest absolute Gasteiger partial charge is 0.342 e. The van der Waals surface area contributed by atoms with Crippen molar-refractivity contribution >= 4 is 39.9 Å². The number of thiophene rings is 1. The minimum atomic E-state index is -0.339. The molecule has 36 heavy (non-hydrogen) atoms. The number of hydrogen-bond donors (Lipinski definition) is 2. The van der Waals surface area contributed by atoms with Crippen LogP contribution in [0.4, 0.5) is 5.00 Å². The second-order valence-corrected chi connectivity index (χ2v) is 11.4. The molecule has 2 heterocycles. The molecule has 0 aliphatic heterocycles. The molecule has 8 nitrogen and oxygen atoms in total. The number of hydrogen-bond acceptors (Lipinski definition) is 7. The monoisotopic (exact) mass is 522 g/mol. The predicted molar refractivity (Wildman–Crippen MR) is 142 cm³/mol. The van der Waals surface area contributed by atoms with Crippen LogP contribution < -0.4 is 10.6 Å². The Kier molecular flexibility index (Phi) is 8.11. The summed E-state index contributed by atoms with van der Waals surface area (Å²) in [5, 5.41) is 25.5. The Morgan fingerprint density at radius 1 is 1.25 bits per heavy atom. The number of fused-ring (bicyclic) bond motifs is 1. The van der Waals surface area contributed by atoms with Gasteiger partial charge in [-0.25, -0.2) is 0 Å². The topological polar surface area (TPSA) is 113 Å². The normalized spacial score (nSPS) is 13.7. The number of nitriles is 1. The third-order valence-corrected chi connectivity index (χ3v) is 8.48. The number of nitrogens with one attached hydrogen (secondary N) is 2. The molecule has 1 aliphatic rings. The second kappa shape index (κ2) is 11.3. The van der Waals surface area contributed by atoms with Crippen molar-refractivity contribution in [1.29, 1.82) is 5.26 Å². The maximum atomic E-state index is 12.9. The number of rotatable bonds is 8. The first-order chi connectivity index (χ1) is 17.3. The zero-order valence-electron chi connectivity index (χ0n) is 20.9. The van der Waals surface area contributed by atoms with Gasteiger partial charge in [-0.15, -0.1) is 21.5 Å². The Balaban J connectivity index is 1.42. The van der Waals surface area contributed by atoms with Crippen molar-refractivity contribution in [2.45, 2.75) is 57.7 Å². The van der Waals surface area contributed by atoms with Crippen LogP contribution in [0.2, 0.25) is 0 Å². The maximum Gasteiger partial charge on any atom is 0.251 e. The minimum Gasteiger partial charge on any atom is -0.342 e. The van der Waals surface area contributed by atoms with Gasteiger partial charge in [-0.3, -0.25) is 9.59 Å². The third kappa shape index (κ3) is 5.63. The molecule has 2 N–H and O–H groups in total. The first-order valence-electron chi connectivity index (χ1n) is 12.0. The van der Waals surface area contributed by atoms with E-state index in [2.05, 4.69) is 26.9 Å². The average Bonchev–Trinajstić information content (AvgIpc) is 3.39. The predicted octanol–water partition coefficient (Wildman–Crippen LogP) is 4.79. The van der Waals surface area contributed by atoms with Gasteiger partial charge in [-0.05, 0) is 56.2 Å². The smallest absolute Gasteiger partial charge is 0.251 e. The molecular weight excluding hydrogens is 492 g/mol. The van der Waals surface area contributed by atoms with Crippen LogP contribution in [0.25, 0.3) is 0 Å². The zero-order chi connectivity index (χ0) is 25.8. The van der Waals surface area contributed by atoms with E-state index in [0.29, 0.717) is 27.1 Å². The summed E-state index contributed by atoms with van der Waals surface area (Å²) in [6.07, 6.45) is 4.08. The second-order valence-electron chi connectivity index (χ2n) is 9.33. The molecule has 0 spiro atoms. The summed E-state index contributed by atoms with van der Waals surface area (Å²) in [7, 11) is 1.84. The van der Waals surface area contributed by atoms with E-state index in [1.165, 1.54) is 28.0 Å². The van der Waals surface area contributed by atoms with Crippen molar-refractivity contribution in [3.63, 3.8) is 0 Å². The number of anilines is 1. The van der Waals surface area contributed by atoms with Gasteiger partial charge in [0.15, 0.2) is 11.0 Å². The molecule has 0 unspecified atom stereocenters. The van der Waals surface area contributed by atoms with E-state index in [1.54, 1.807) is 6.07 Å². The van der Waals surface area contributed by atoms with Crippen LogP contribution in [-0.4, -0.2) is 32.3 Å². The number of benzene rings is 1. The third-order valence-electron chi connectivity index (χ3n) is 6.25. The highest BCUT2D eigenvalue weighted by molar-refractivity contribution is 7.99. The zero-order valence-corrected chi connectivity index (χ0v) is 22.6. The van der Waals surface area contributed by atoms with E-state index in [0.717, 1.165) is 36.8 Å². The van der Waals surface area contributed by atoms with Crippen LogP contribution in [0.15, 0.2) is 29.4 Å². The van der Waals surface area contributed by atoms with E-state index in [-0.39, 0.29) is 29.5 Å². The van der Waals surface area contributed by atoms with Crippen molar-refractivity contribution in [2.24, 2.45) is 13.0 Å². The van der Waals surface area contributed by atoms with E-state index < -0.39 is 0 Å².